The molecule has 0 saturated carbocycles. The molecule has 0 unspecified atom stereocenters. The lowest BCUT2D eigenvalue weighted by molar-refractivity contribution is -0.145. The summed E-state index contributed by atoms with van der Waals surface area (Å²) in [5.74, 6) is -1.07. The molecule has 0 aliphatic carbocycles. The number of halogens is 4. The zero-order chi connectivity index (χ0) is 25.9. The minimum absolute atomic E-state index is 0.400. The van der Waals surface area contributed by atoms with Crippen LogP contribution in [0.5, 0.6) is 0 Å². The number of nitrogens with zero attached hydrogens (tertiary/aromatic N) is 5. The van der Waals surface area contributed by atoms with Crippen LogP contribution in [0, 0.1) is 0 Å². The van der Waals surface area contributed by atoms with Crippen LogP contribution >= 0.6 is 11.6 Å². The van der Waals surface area contributed by atoms with Crippen molar-refractivity contribution in [3.8, 4) is 5.69 Å². The Hall–Kier alpha value is -2.94. The quantitative estimate of drug-likeness (QED) is 0.424. The summed E-state index contributed by atoms with van der Waals surface area (Å²) in [5.41, 5.74) is 10.6. The minimum Gasteiger partial charge on any atom is -0.397 e. The molecule has 0 bridgehead atoms. The van der Waals surface area contributed by atoms with Crippen molar-refractivity contribution in [3.63, 3.8) is 0 Å². The average Bonchev–Trinajstić information content (AvgIpc) is 3.26. The molecule has 3 heterocycles. The Morgan fingerprint density at radius 1 is 1.15 bits per heavy atom. The Labute approximate surface area is 204 Å². The topological polar surface area (TPSA) is 82.5 Å². The highest BCUT2D eigenvalue weighted by atomic mass is 35.5. The van der Waals surface area contributed by atoms with E-state index in [2.05, 4.69) is 40.5 Å². The molecule has 3 rings (SSSR count). The highest BCUT2D eigenvalue weighted by Gasteiger charge is 2.34. The van der Waals surface area contributed by atoms with Crippen molar-refractivity contribution in [2.45, 2.75) is 66.5 Å². The molecule has 0 atom stereocenters. The van der Waals surface area contributed by atoms with Crippen LogP contribution in [0.15, 0.2) is 37.3 Å². The molecule has 0 spiro atoms. The Morgan fingerprint density at radius 2 is 1.82 bits per heavy atom. The first-order valence-corrected chi connectivity index (χ1v) is 11.6. The molecular weight excluding hydrogens is 465 g/mol. The van der Waals surface area contributed by atoms with Crippen molar-refractivity contribution in [1.82, 2.24) is 24.7 Å². The molecule has 0 aromatic carbocycles. The Morgan fingerprint density at radius 3 is 2.29 bits per heavy atom. The van der Waals surface area contributed by atoms with Crippen molar-refractivity contribution < 1.29 is 13.2 Å². The molecule has 0 saturated heterocycles. The second kappa shape index (κ2) is 13.7. The third-order valence-electron chi connectivity index (χ3n) is 4.48. The first-order valence-electron chi connectivity index (χ1n) is 11.2. The Bertz CT molecular complexity index is 1060. The first-order chi connectivity index (χ1) is 16.1. The SMILES string of the molecule is C=C(N)c1cc(-n2cc(Cl)cn2)c(CCC)c(CC)n1.CC.CCc1ccnc(C(F)(F)F)n1. The third kappa shape index (κ3) is 8.13. The molecule has 0 fully saturated rings. The molecule has 0 aliphatic rings. The number of pyridine rings is 1. The van der Waals surface area contributed by atoms with E-state index in [9.17, 15) is 13.2 Å². The summed E-state index contributed by atoms with van der Waals surface area (Å²) in [5, 5.41) is 4.90. The first kappa shape index (κ1) is 29.1. The fourth-order valence-electron chi connectivity index (χ4n) is 2.96. The molecule has 0 amide bonds. The van der Waals surface area contributed by atoms with Gasteiger partial charge in [-0.3, -0.25) is 4.98 Å². The number of rotatable bonds is 6. The van der Waals surface area contributed by atoms with Gasteiger partial charge in [0.05, 0.1) is 28.3 Å². The van der Waals surface area contributed by atoms with Crippen molar-refractivity contribution in [1.29, 1.82) is 0 Å². The van der Waals surface area contributed by atoms with Gasteiger partial charge >= 0.3 is 6.18 Å². The van der Waals surface area contributed by atoms with Crippen molar-refractivity contribution in [2.75, 3.05) is 0 Å². The van der Waals surface area contributed by atoms with Gasteiger partial charge in [-0.1, -0.05) is 59.2 Å². The van der Waals surface area contributed by atoms with Crippen LogP contribution in [-0.2, 0) is 25.4 Å². The molecule has 3 aromatic rings. The van der Waals surface area contributed by atoms with E-state index >= 15 is 0 Å². The smallest absolute Gasteiger partial charge is 0.397 e. The molecule has 0 radical (unpaired) electrons. The average molecular weight is 497 g/mol. The van der Waals surface area contributed by atoms with Gasteiger partial charge in [-0.15, -0.1) is 0 Å². The summed E-state index contributed by atoms with van der Waals surface area (Å²) in [7, 11) is 0. The van der Waals surface area contributed by atoms with Crippen molar-refractivity contribution in [3.05, 3.63) is 70.8 Å². The summed E-state index contributed by atoms with van der Waals surface area (Å²) >= 11 is 5.97. The van der Waals surface area contributed by atoms with E-state index in [0.717, 1.165) is 36.8 Å². The fourth-order valence-corrected chi connectivity index (χ4v) is 3.09. The van der Waals surface area contributed by atoms with Gasteiger partial charge in [0, 0.05) is 23.8 Å². The number of aromatic nitrogens is 5. The van der Waals surface area contributed by atoms with E-state index in [1.54, 1.807) is 24.0 Å². The minimum atomic E-state index is -4.44. The molecule has 10 heteroatoms. The highest BCUT2D eigenvalue weighted by molar-refractivity contribution is 6.30. The lowest BCUT2D eigenvalue weighted by Crippen LogP contribution is -2.11. The fraction of sp³-hybridized carbons (Fsp3) is 0.417. The maximum Gasteiger partial charge on any atom is 0.451 e. The summed E-state index contributed by atoms with van der Waals surface area (Å²) < 4.78 is 37.7. The second-order valence-corrected chi connectivity index (χ2v) is 7.34. The molecule has 6 nitrogen and oxygen atoms in total. The van der Waals surface area contributed by atoms with E-state index in [1.165, 1.54) is 11.6 Å². The standard InChI is InChI=1S/C15H19ClN4.C7H7F3N2.C2H6/c1-4-6-12-13(5-2)19-14(10(3)17)7-15(12)20-9-11(16)8-18-20;1-2-5-3-4-11-6(12-5)7(8,9)10;1-2/h7-9H,3-6,17H2,1-2H3;3-4H,2H2,1H3;1-2H3. The van der Waals surface area contributed by atoms with Crippen molar-refractivity contribution >= 4 is 17.3 Å². The molecule has 34 heavy (non-hydrogen) atoms. The predicted octanol–water partition coefficient (Wildman–Crippen LogP) is 6.45. The number of nitrogens with two attached hydrogens (primary N) is 1. The monoisotopic (exact) mass is 496 g/mol. The maximum absolute atomic E-state index is 12.0. The van der Waals surface area contributed by atoms with E-state index in [4.69, 9.17) is 17.3 Å². The van der Waals surface area contributed by atoms with Gasteiger partial charge in [0.25, 0.3) is 0 Å². The predicted molar refractivity (Wildman–Crippen MR) is 131 cm³/mol. The second-order valence-electron chi connectivity index (χ2n) is 6.91. The normalized spacial score (nSPS) is 10.6. The van der Waals surface area contributed by atoms with Crippen LogP contribution in [-0.4, -0.2) is 24.7 Å². The van der Waals surface area contributed by atoms with Crippen LogP contribution in [0.2, 0.25) is 5.02 Å². The number of hydrogen-bond donors (Lipinski definition) is 1. The molecular formula is C24H32ClF3N6. The molecule has 2 N–H and O–H groups in total. The van der Waals surface area contributed by atoms with Crippen LogP contribution in [0.4, 0.5) is 13.2 Å². The van der Waals surface area contributed by atoms with Gasteiger partial charge in [-0.05, 0) is 37.0 Å². The molecule has 0 aliphatic heterocycles. The van der Waals surface area contributed by atoms with Gasteiger partial charge < -0.3 is 5.73 Å². The third-order valence-corrected chi connectivity index (χ3v) is 4.67. The number of alkyl halides is 3. The van der Waals surface area contributed by atoms with Crippen molar-refractivity contribution in [2.24, 2.45) is 5.73 Å². The van der Waals surface area contributed by atoms with Crippen LogP contribution < -0.4 is 5.73 Å². The number of aryl methyl sites for hydroxylation is 2. The van der Waals surface area contributed by atoms with Gasteiger partial charge in [0.1, 0.15) is 0 Å². The maximum atomic E-state index is 12.0. The van der Waals surface area contributed by atoms with Crippen LogP contribution in [0.3, 0.4) is 0 Å². The zero-order valence-corrected chi connectivity index (χ0v) is 21.0. The van der Waals surface area contributed by atoms with E-state index in [1.807, 2.05) is 19.9 Å². The summed E-state index contributed by atoms with van der Waals surface area (Å²) in [6.07, 6.45) is 3.41. The highest BCUT2D eigenvalue weighted by Crippen LogP contribution is 2.26. The van der Waals surface area contributed by atoms with E-state index in [0.29, 0.717) is 28.5 Å². The largest absolute Gasteiger partial charge is 0.451 e. The molecule has 186 valence electrons. The van der Waals surface area contributed by atoms with Crippen LogP contribution in [0.1, 0.15) is 69.5 Å². The Balaban J connectivity index is 0.000000353. The summed E-state index contributed by atoms with van der Waals surface area (Å²) in [6.45, 7) is 13.8. The zero-order valence-electron chi connectivity index (χ0n) is 20.2. The lowest BCUT2D eigenvalue weighted by Gasteiger charge is -2.15. The summed E-state index contributed by atoms with van der Waals surface area (Å²) in [6, 6.07) is 3.39. The van der Waals surface area contributed by atoms with Gasteiger partial charge in [-0.2, -0.15) is 18.3 Å². The van der Waals surface area contributed by atoms with Gasteiger partial charge in [0.2, 0.25) is 5.82 Å². The van der Waals surface area contributed by atoms with Gasteiger partial charge in [-0.25, -0.2) is 14.6 Å². The lowest BCUT2D eigenvalue weighted by atomic mass is 10.0. The van der Waals surface area contributed by atoms with Crippen LogP contribution in [0.25, 0.3) is 11.4 Å². The molecule has 3 aromatic heterocycles. The van der Waals surface area contributed by atoms with E-state index < -0.39 is 12.0 Å². The van der Waals surface area contributed by atoms with Gasteiger partial charge in [0.15, 0.2) is 0 Å². The number of hydrogen-bond acceptors (Lipinski definition) is 5. The summed E-state index contributed by atoms with van der Waals surface area (Å²) in [4.78, 5) is 11.1. The van der Waals surface area contributed by atoms with E-state index in [-0.39, 0.29) is 0 Å². The Kier molecular flexibility index (Phi) is 11.7.